The van der Waals surface area contributed by atoms with Crippen molar-refractivity contribution in [3.8, 4) is 0 Å². The number of benzene rings is 1. The van der Waals surface area contributed by atoms with E-state index >= 15 is 0 Å². The van der Waals surface area contributed by atoms with Gasteiger partial charge in [0.1, 0.15) is 0 Å². The minimum absolute atomic E-state index is 0.246. The van der Waals surface area contributed by atoms with Crippen LogP contribution >= 0.6 is 15.9 Å². The lowest BCUT2D eigenvalue weighted by Gasteiger charge is -2.24. The van der Waals surface area contributed by atoms with Crippen molar-refractivity contribution in [1.82, 2.24) is 9.89 Å². The lowest BCUT2D eigenvalue weighted by atomic mass is 10.1. The summed E-state index contributed by atoms with van der Waals surface area (Å²) in [7, 11) is 0. The zero-order chi connectivity index (χ0) is 14.3. The van der Waals surface area contributed by atoms with Gasteiger partial charge in [-0.25, -0.2) is 0 Å². The summed E-state index contributed by atoms with van der Waals surface area (Å²) in [6, 6.07) is 5.16. The van der Waals surface area contributed by atoms with E-state index in [1.807, 2.05) is 0 Å². The van der Waals surface area contributed by atoms with E-state index < -0.39 is 17.4 Å². The van der Waals surface area contributed by atoms with Crippen LogP contribution in [-0.4, -0.2) is 21.7 Å². The summed E-state index contributed by atoms with van der Waals surface area (Å²) < 4.78 is 0.739. The first-order valence-corrected chi connectivity index (χ1v) is 6.91. The molecule has 0 saturated carbocycles. The molecule has 1 aliphatic rings. The van der Waals surface area contributed by atoms with Gasteiger partial charge in [0, 0.05) is 22.7 Å². The maximum Gasteiger partial charge on any atom is 0.294 e. The quantitative estimate of drug-likeness (QED) is 0.737. The van der Waals surface area contributed by atoms with Gasteiger partial charge < -0.3 is 0 Å². The van der Waals surface area contributed by atoms with Gasteiger partial charge in [0.15, 0.2) is 0 Å². The Balaban J connectivity index is 2.23. The fourth-order valence-electron chi connectivity index (χ4n) is 2.22. The second kappa shape index (κ2) is 4.82. The number of aromatic nitrogens is 2. The van der Waals surface area contributed by atoms with Gasteiger partial charge in [-0.15, -0.1) is 4.79 Å². The molecule has 0 spiro atoms. The van der Waals surface area contributed by atoms with E-state index in [9.17, 15) is 14.4 Å². The molecule has 0 atom stereocenters. The van der Waals surface area contributed by atoms with E-state index in [1.54, 1.807) is 18.2 Å². The third-order valence-electron chi connectivity index (χ3n) is 3.20. The third-order valence-corrected chi connectivity index (χ3v) is 3.90. The molecule has 2 heterocycles. The number of piperidine rings is 1. The van der Waals surface area contributed by atoms with Crippen LogP contribution in [0.3, 0.4) is 0 Å². The second-order valence-electron chi connectivity index (χ2n) is 4.49. The highest BCUT2D eigenvalue weighted by Crippen LogP contribution is 2.20. The van der Waals surface area contributed by atoms with Crippen LogP contribution in [0.4, 0.5) is 0 Å². The highest BCUT2D eigenvalue weighted by molar-refractivity contribution is 9.10. The van der Waals surface area contributed by atoms with Crippen molar-refractivity contribution < 1.29 is 9.59 Å². The van der Waals surface area contributed by atoms with E-state index in [0.717, 1.165) is 14.3 Å². The van der Waals surface area contributed by atoms with Gasteiger partial charge in [-0.05, 0) is 18.6 Å². The Hall–Kier alpha value is -2.02. The van der Waals surface area contributed by atoms with Crippen molar-refractivity contribution in [3.63, 3.8) is 0 Å². The summed E-state index contributed by atoms with van der Waals surface area (Å²) in [6.07, 6.45) is 2.48. The van der Waals surface area contributed by atoms with Gasteiger partial charge in [0.2, 0.25) is 11.8 Å². The number of halogens is 1. The Bertz CT molecular complexity index is 768. The maximum atomic E-state index is 12.4. The highest BCUT2D eigenvalue weighted by Gasteiger charge is 2.29. The van der Waals surface area contributed by atoms with Gasteiger partial charge in [0.05, 0.1) is 11.6 Å². The Morgan fingerprint density at radius 2 is 1.75 bits per heavy atom. The normalized spacial score (nSPS) is 15.9. The molecule has 2 amide bonds. The van der Waals surface area contributed by atoms with E-state index in [2.05, 4.69) is 21.0 Å². The summed E-state index contributed by atoms with van der Waals surface area (Å²) in [6.45, 7) is 0. The van der Waals surface area contributed by atoms with Gasteiger partial charge in [0.25, 0.3) is 5.56 Å². The molecule has 0 bridgehead atoms. The standard InChI is InChI=1S/C13H10BrN3O3/c14-10-4-1-3-8-9(10)7-15-17(13(8)20)16-11(18)5-2-6-12(16)19/h1,3-4,7H,2,5-6H2. The summed E-state index contributed by atoms with van der Waals surface area (Å²) >= 11 is 3.34. The molecular weight excluding hydrogens is 326 g/mol. The summed E-state index contributed by atoms with van der Waals surface area (Å²) in [4.78, 5) is 37.0. The van der Waals surface area contributed by atoms with Gasteiger partial charge >= 0.3 is 0 Å². The molecule has 102 valence electrons. The van der Waals surface area contributed by atoms with Crippen LogP contribution in [0, 0.1) is 0 Å². The number of nitrogens with zero attached hydrogens (tertiary/aromatic N) is 3. The number of imide groups is 1. The van der Waals surface area contributed by atoms with Crippen LogP contribution in [0.25, 0.3) is 10.8 Å². The van der Waals surface area contributed by atoms with E-state index in [1.165, 1.54) is 6.20 Å². The zero-order valence-corrected chi connectivity index (χ0v) is 12.0. The lowest BCUT2D eigenvalue weighted by molar-refractivity contribution is -0.131. The number of rotatable bonds is 1. The van der Waals surface area contributed by atoms with Crippen LogP contribution in [0.15, 0.2) is 33.7 Å². The second-order valence-corrected chi connectivity index (χ2v) is 5.35. The molecule has 7 heteroatoms. The summed E-state index contributed by atoms with van der Waals surface area (Å²) in [5.74, 6) is -0.796. The number of carbonyl (C=O) groups is 2. The van der Waals surface area contributed by atoms with Crippen molar-refractivity contribution in [3.05, 3.63) is 39.2 Å². The molecule has 0 radical (unpaired) electrons. The van der Waals surface area contributed by atoms with Crippen molar-refractivity contribution in [1.29, 1.82) is 0 Å². The molecule has 20 heavy (non-hydrogen) atoms. The molecular formula is C13H10BrN3O3. The Morgan fingerprint density at radius 3 is 2.45 bits per heavy atom. The van der Waals surface area contributed by atoms with Crippen molar-refractivity contribution >= 4 is 38.5 Å². The van der Waals surface area contributed by atoms with Gasteiger partial charge in [-0.3, -0.25) is 14.4 Å². The number of hydrogen-bond donors (Lipinski definition) is 0. The predicted octanol–water partition coefficient (Wildman–Crippen LogP) is 1.33. The summed E-state index contributed by atoms with van der Waals surface area (Å²) in [5, 5.41) is 5.84. The largest absolute Gasteiger partial charge is 0.294 e. The Kier molecular flexibility index (Phi) is 3.13. The topological polar surface area (TPSA) is 72.3 Å². The van der Waals surface area contributed by atoms with E-state index in [0.29, 0.717) is 17.2 Å². The number of hydrogen-bond acceptors (Lipinski definition) is 4. The molecule has 1 saturated heterocycles. The zero-order valence-electron chi connectivity index (χ0n) is 10.4. The average molecular weight is 336 g/mol. The van der Waals surface area contributed by atoms with Gasteiger partial charge in [-0.1, -0.05) is 22.0 Å². The minimum atomic E-state index is -0.479. The number of amides is 2. The van der Waals surface area contributed by atoms with Crippen LogP contribution in [0.2, 0.25) is 0 Å². The highest BCUT2D eigenvalue weighted by atomic mass is 79.9. The fraction of sp³-hybridized carbons (Fsp3) is 0.231. The fourth-order valence-corrected chi connectivity index (χ4v) is 2.69. The third kappa shape index (κ3) is 1.94. The van der Waals surface area contributed by atoms with Crippen LogP contribution in [-0.2, 0) is 9.59 Å². The molecule has 1 aromatic heterocycles. The Morgan fingerprint density at radius 1 is 1.05 bits per heavy atom. The number of fused-ring (bicyclic) bond motifs is 1. The average Bonchev–Trinajstić information content (AvgIpc) is 2.42. The molecule has 0 unspecified atom stereocenters. The maximum absolute atomic E-state index is 12.4. The van der Waals surface area contributed by atoms with E-state index in [4.69, 9.17) is 0 Å². The van der Waals surface area contributed by atoms with Crippen molar-refractivity contribution in [2.24, 2.45) is 0 Å². The molecule has 3 rings (SSSR count). The SMILES string of the molecule is O=C1CCCC(=O)N1n1ncc2c(Br)cccc2c1=O. The van der Waals surface area contributed by atoms with E-state index in [-0.39, 0.29) is 12.8 Å². The molecule has 1 aromatic carbocycles. The molecule has 1 fully saturated rings. The smallest absolute Gasteiger partial charge is 0.272 e. The lowest BCUT2D eigenvalue weighted by Crippen LogP contribution is -2.53. The van der Waals surface area contributed by atoms with Crippen molar-refractivity contribution in [2.45, 2.75) is 19.3 Å². The summed E-state index contributed by atoms with van der Waals surface area (Å²) in [5.41, 5.74) is -0.479. The number of carbonyl (C=O) groups excluding carboxylic acids is 2. The van der Waals surface area contributed by atoms with Crippen LogP contribution in [0.1, 0.15) is 19.3 Å². The monoisotopic (exact) mass is 335 g/mol. The molecule has 0 N–H and O–H groups in total. The van der Waals surface area contributed by atoms with Crippen LogP contribution < -0.4 is 10.6 Å². The predicted molar refractivity (Wildman–Crippen MR) is 75.8 cm³/mol. The van der Waals surface area contributed by atoms with Crippen molar-refractivity contribution in [2.75, 3.05) is 5.01 Å². The Labute approximate surface area is 122 Å². The first-order chi connectivity index (χ1) is 9.59. The first kappa shape index (κ1) is 13.0. The molecule has 2 aromatic rings. The minimum Gasteiger partial charge on any atom is -0.272 e. The van der Waals surface area contributed by atoms with Crippen LogP contribution in [0.5, 0.6) is 0 Å². The van der Waals surface area contributed by atoms with Gasteiger partial charge in [-0.2, -0.15) is 10.1 Å². The molecule has 1 aliphatic heterocycles. The first-order valence-electron chi connectivity index (χ1n) is 6.12. The molecule has 0 aliphatic carbocycles. The molecule has 6 nitrogen and oxygen atoms in total.